The molecule has 0 aliphatic rings. The summed E-state index contributed by atoms with van der Waals surface area (Å²) in [6.07, 6.45) is 3.02. The second-order valence-electron chi connectivity index (χ2n) is 2.37. The summed E-state index contributed by atoms with van der Waals surface area (Å²) in [6, 6.07) is 1.62. The topological polar surface area (TPSA) is 84.7 Å². The number of carbonyl (C=O) groups is 1. The molecule has 2 heterocycles. The molecule has 0 aromatic carbocycles. The second kappa shape index (κ2) is 2.30. The van der Waals surface area contributed by atoms with Gasteiger partial charge in [0.1, 0.15) is 17.7 Å². The van der Waals surface area contributed by atoms with E-state index in [1.165, 1.54) is 6.33 Å². The van der Waals surface area contributed by atoms with E-state index >= 15 is 0 Å². The summed E-state index contributed by atoms with van der Waals surface area (Å²) in [7, 11) is 0. The van der Waals surface area contributed by atoms with Gasteiger partial charge in [-0.1, -0.05) is 0 Å². The Bertz CT molecular complexity index is 401. The van der Waals surface area contributed by atoms with Gasteiger partial charge in [-0.15, -0.1) is 0 Å². The summed E-state index contributed by atoms with van der Waals surface area (Å²) in [6.45, 7) is 0. The lowest BCUT2D eigenvalue weighted by Gasteiger charge is -1.84. The molecule has 60 valence electrons. The number of H-pyrrole nitrogens is 1. The number of hydrogen-bond acceptors (Lipinski definition) is 3. The highest BCUT2D eigenvalue weighted by atomic mass is 16.1. The number of aromatic amines is 1. The van der Waals surface area contributed by atoms with Crippen LogP contribution in [-0.2, 0) is 0 Å². The smallest absolute Gasteiger partial charge is 0.265 e. The maximum absolute atomic E-state index is 10.7. The third-order valence-corrected chi connectivity index (χ3v) is 1.56. The minimum absolute atomic E-state index is 0.352. The highest BCUT2D eigenvalue weighted by molar-refractivity contribution is 5.95. The molecule has 2 aromatic rings. The van der Waals surface area contributed by atoms with Gasteiger partial charge in [0.2, 0.25) is 0 Å². The zero-order valence-corrected chi connectivity index (χ0v) is 6.11. The van der Waals surface area contributed by atoms with Gasteiger partial charge in [0.25, 0.3) is 5.91 Å². The molecule has 0 saturated carbocycles. The van der Waals surface area contributed by atoms with Crippen molar-refractivity contribution in [3.8, 4) is 0 Å². The molecule has 12 heavy (non-hydrogen) atoms. The quantitative estimate of drug-likeness (QED) is 0.621. The Morgan fingerprint density at radius 3 is 3.08 bits per heavy atom. The Morgan fingerprint density at radius 2 is 2.42 bits per heavy atom. The molecule has 0 fully saturated rings. The zero-order valence-electron chi connectivity index (χ0n) is 6.11. The van der Waals surface area contributed by atoms with Crippen LogP contribution < -0.4 is 5.73 Å². The van der Waals surface area contributed by atoms with E-state index in [4.69, 9.17) is 5.73 Å². The molecule has 0 aliphatic carbocycles. The van der Waals surface area contributed by atoms with E-state index in [0.29, 0.717) is 11.3 Å². The number of carbonyl (C=O) groups excluding carboxylic acids is 1. The van der Waals surface area contributed by atoms with Crippen LogP contribution in [0, 0.1) is 0 Å². The molecule has 0 bridgehead atoms. The number of nitrogens with zero attached hydrogens (tertiary/aromatic N) is 2. The Balaban J connectivity index is 2.70. The number of primary amides is 1. The predicted octanol–water partition coefficient (Wildman–Crippen LogP) is 0.0568. The monoisotopic (exact) mass is 162 g/mol. The van der Waals surface area contributed by atoms with Crippen LogP contribution in [0.2, 0.25) is 0 Å². The van der Waals surface area contributed by atoms with E-state index in [1.54, 1.807) is 12.3 Å². The molecule has 0 radical (unpaired) electrons. The van der Waals surface area contributed by atoms with Crippen LogP contribution >= 0.6 is 0 Å². The van der Waals surface area contributed by atoms with Crippen molar-refractivity contribution in [3.63, 3.8) is 0 Å². The van der Waals surface area contributed by atoms with Crippen LogP contribution in [-0.4, -0.2) is 20.9 Å². The van der Waals surface area contributed by atoms with Gasteiger partial charge in [-0.05, 0) is 6.07 Å². The molecule has 2 rings (SSSR count). The molecular weight excluding hydrogens is 156 g/mol. The first-order valence-corrected chi connectivity index (χ1v) is 3.36. The molecule has 3 N–H and O–H groups in total. The van der Waals surface area contributed by atoms with E-state index in [2.05, 4.69) is 15.0 Å². The first kappa shape index (κ1) is 6.78. The summed E-state index contributed by atoms with van der Waals surface area (Å²) < 4.78 is 0. The van der Waals surface area contributed by atoms with E-state index < -0.39 is 5.91 Å². The summed E-state index contributed by atoms with van der Waals surface area (Å²) in [4.78, 5) is 21.2. The highest BCUT2D eigenvalue weighted by Gasteiger charge is 2.04. The minimum Gasteiger partial charge on any atom is -0.364 e. The minimum atomic E-state index is -0.493. The molecule has 5 heteroatoms. The molecule has 0 spiro atoms. The zero-order chi connectivity index (χ0) is 8.55. The van der Waals surface area contributed by atoms with E-state index in [0.717, 1.165) is 5.39 Å². The summed E-state index contributed by atoms with van der Waals surface area (Å²) in [5, 5.41) is 0.784. The average Bonchev–Trinajstić information content (AvgIpc) is 2.46. The number of fused-ring (bicyclic) bond motifs is 1. The number of hydrogen-bond donors (Lipinski definition) is 2. The number of rotatable bonds is 1. The normalized spacial score (nSPS) is 10.3. The van der Waals surface area contributed by atoms with Crippen LogP contribution in [0.5, 0.6) is 0 Å². The molecule has 0 atom stereocenters. The van der Waals surface area contributed by atoms with Gasteiger partial charge in [0, 0.05) is 11.6 Å². The third kappa shape index (κ3) is 0.914. The van der Waals surface area contributed by atoms with Crippen LogP contribution in [0.15, 0.2) is 18.6 Å². The van der Waals surface area contributed by atoms with Crippen LogP contribution in [0.4, 0.5) is 0 Å². The fourth-order valence-corrected chi connectivity index (χ4v) is 1.00. The standard InChI is InChI=1S/C7H6N4O/c8-6(12)5-1-4-2-9-3-10-7(4)11-5/h1-3H,(H2,8,12)(H,9,10,11). The van der Waals surface area contributed by atoms with Gasteiger partial charge in [0.15, 0.2) is 0 Å². The van der Waals surface area contributed by atoms with Gasteiger partial charge in [0.05, 0.1) is 0 Å². The average molecular weight is 162 g/mol. The van der Waals surface area contributed by atoms with E-state index in [9.17, 15) is 4.79 Å². The van der Waals surface area contributed by atoms with Gasteiger partial charge < -0.3 is 10.7 Å². The maximum Gasteiger partial charge on any atom is 0.265 e. The van der Waals surface area contributed by atoms with Crippen molar-refractivity contribution in [2.75, 3.05) is 0 Å². The molecular formula is C7H6N4O. The SMILES string of the molecule is NC(=O)c1cc2cncnc2[nH]1. The Kier molecular flexibility index (Phi) is 1.30. The molecule has 0 aliphatic heterocycles. The maximum atomic E-state index is 10.7. The van der Waals surface area contributed by atoms with Crippen LogP contribution in [0.3, 0.4) is 0 Å². The van der Waals surface area contributed by atoms with Crippen molar-refractivity contribution in [2.45, 2.75) is 0 Å². The summed E-state index contributed by atoms with van der Waals surface area (Å²) in [5.74, 6) is -0.493. The van der Waals surface area contributed by atoms with Gasteiger partial charge in [-0.3, -0.25) is 4.79 Å². The van der Waals surface area contributed by atoms with E-state index in [1.807, 2.05) is 0 Å². The van der Waals surface area contributed by atoms with Gasteiger partial charge in [-0.2, -0.15) is 0 Å². The fraction of sp³-hybridized carbons (Fsp3) is 0. The molecule has 0 saturated heterocycles. The first-order chi connectivity index (χ1) is 5.77. The lowest BCUT2D eigenvalue weighted by atomic mass is 10.3. The molecule has 1 amide bonds. The van der Waals surface area contributed by atoms with Gasteiger partial charge >= 0.3 is 0 Å². The number of aromatic nitrogens is 3. The lowest BCUT2D eigenvalue weighted by Crippen LogP contribution is -2.10. The van der Waals surface area contributed by atoms with Gasteiger partial charge in [-0.25, -0.2) is 9.97 Å². The van der Waals surface area contributed by atoms with Crippen molar-refractivity contribution < 1.29 is 4.79 Å². The van der Waals surface area contributed by atoms with Crippen molar-refractivity contribution in [2.24, 2.45) is 5.73 Å². The summed E-state index contributed by atoms with van der Waals surface area (Å²) in [5.41, 5.74) is 6.04. The van der Waals surface area contributed by atoms with Crippen molar-refractivity contribution in [3.05, 3.63) is 24.3 Å². The lowest BCUT2D eigenvalue weighted by molar-refractivity contribution is 0.0996. The summed E-state index contributed by atoms with van der Waals surface area (Å²) >= 11 is 0. The van der Waals surface area contributed by atoms with Crippen molar-refractivity contribution in [1.29, 1.82) is 0 Å². The second-order valence-corrected chi connectivity index (χ2v) is 2.37. The Labute approximate surface area is 67.6 Å². The van der Waals surface area contributed by atoms with Crippen LogP contribution in [0.25, 0.3) is 11.0 Å². The number of nitrogens with two attached hydrogens (primary N) is 1. The molecule has 5 nitrogen and oxygen atoms in total. The third-order valence-electron chi connectivity index (χ3n) is 1.56. The first-order valence-electron chi connectivity index (χ1n) is 3.36. The van der Waals surface area contributed by atoms with Crippen LogP contribution in [0.1, 0.15) is 10.5 Å². The predicted molar refractivity (Wildman–Crippen MR) is 42.4 cm³/mol. The number of nitrogens with one attached hydrogen (secondary N) is 1. The highest BCUT2D eigenvalue weighted by Crippen LogP contribution is 2.09. The fourth-order valence-electron chi connectivity index (χ4n) is 1.00. The molecule has 2 aromatic heterocycles. The Morgan fingerprint density at radius 1 is 1.58 bits per heavy atom. The van der Waals surface area contributed by atoms with Crippen molar-refractivity contribution >= 4 is 16.9 Å². The Hall–Kier alpha value is -1.91. The van der Waals surface area contributed by atoms with E-state index in [-0.39, 0.29) is 0 Å². The number of amides is 1. The van der Waals surface area contributed by atoms with Crippen molar-refractivity contribution in [1.82, 2.24) is 15.0 Å². The largest absolute Gasteiger partial charge is 0.364 e. The molecule has 0 unspecified atom stereocenters.